The van der Waals surface area contributed by atoms with Crippen LogP contribution in [0.25, 0.3) is 0 Å². The van der Waals surface area contributed by atoms with Gasteiger partial charge in [0.25, 0.3) is 0 Å². The van der Waals surface area contributed by atoms with Crippen LogP contribution in [-0.4, -0.2) is 57.7 Å². The van der Waals surface area contributed by atoms with Crippen molar-refractivity contribution in [3.8, 4) is 0 Å². The van der Waals surface area contributed by atoms with Gasteiger partial charge in [0.2, 0.25) is 0 Å². The Morgan fingerprint density at radius 1 is 1.23 bits per heavy atom. The quantitative estimate of drug-likeness (QED) is 0.717. The summed E-state index contributed by atoms with van der Waals surface area (Å²) in [7, 11) is 0. The van der Waals surface area contributed by atoms with Crippen LogP contribution in [0.2, 0.25) is 0 Å². The highest BCUT2D eigenvalue weighted by molar-refractivity contribution is 5.94. The van der Waals surface area contributed by atoms with E-state index in [0.29, 0.717) is 6.54 Å². The van der Waals surface area contributed by atoms with Crippen LogP contribution in [0.4, 0.5) is 4.79 Å². The first-order valence-corrected chi connectivity index (χ1v) is 10.1. The molecule has 7 heteroatoms. The largest absolute Gasteiger partial charge is 0.390 e. The maximum atomic E-state index is 13.0. The second-order valence-electron chi connectivity index (χ2n) is 8.88. The van der Waals surface area contributed by atoms with Gasteiger partial charge in [0.1, 0.15) is 17.4 Å². The van der Waals surface area contributed by atoms with Crippen molar-refractivity contribution in [2.75, 3.05) is 13.1 Å². The first-order valence-electron chi connectivity index (χ1n) is 10.1. The number of urea groups is 1. The average Bonchev–Trinajstić information content (AvgIpc) is 3.24. The number of aliphatic imine (C=N–C) groups is 1. The molecule has 7 nitrogen and oxygen atoms in total. The third kappa shape index (κ3) is 2.15. The maximum Gasteiger partial charge on any atom is 0.327 e. The Morgan fingerprint density at radius 2 is 1.92 bits per heavy atom. The zero-order valence-corrected chi connectivity index (χ0v) is 15.7. The molecule has 2 amide bonds. The number of aliphatic hydroxyl groups is 1. The normalized spacial score (nSPS) is 41.0. The lowest BCUT2D eigenvalue weighted by Gasteiger charge is -2.50. The van der Waals surface area contributed by atoms with E-state index in [4.69, 9.17) is 4.99 Å². The molecule has 2 bridgehead atoms. The molecule has 6 rings (SSSR count). The van der Waals surface area contributed by atoms with E-state index in [1.807, 2.05) is 9.80 Å². The Hall–Kier alpha value is -1.76. The predicted molar refractivity (Wildman–Crippen MR) is 98.2 cm³/mol. The van der Waals surface area contributed by atoms with E-state index in [-0.39, 0.29) is 23.7 Å². The molecular weight excluding hydrogens is 330 g/mol. The van der Waals surface area contributed by atoms with Crippen LogP contribution in [0, 0.1) is 5.41 Å². The molecule has 3 aliphatic heterocycles. The fourth-order valence-corrected chi connectivity index (χ4v) is 5.45. The molecule has 0 aromatic rings. The highest BCUT2D eigenvalue weighted by Crippen LogP contribution is 2.53. The summed E-state index contributed by atoms with van der Waals surface area (Å²) in [5.41, 5.74) is 0.642. The van der Waals surface area contributed by atoms with Crippen LogP contribution < -0.4 is 10.6 Å². The van der Waals surface area contributed by atoms with E-state index in [1.165, 1.54) is 0 Å². The SMILES string of the molecule is CCCN1C(=O)N2C[C@@H](C)NC2=C2NC(C34CCC(O)(CC3)CC4)=NC21. The van der Waals surface area contributed by atoms with Crippen molar-refractivity contribution in [1.29, 1.82) is 0 Å². The molecule has 0 spiro atoms. The molecule has 4 fully saturated rings. The zero-order valence-electron chi connectivity index (χ0n) is 15.7. The molecule has 142 valence electrons. The van der Waals surface area contributed by atoms with E-state index in [0.717, 1.165) is 68.8 Å². The van der Waals surface area contributed by atoms with Crippen molar-refractivity contribution in [1.82, 2.24) is 20.4 Å². The van der Waals surface area contributed by atoms with E-state index in [1.54, 1.807) is 0 Å². The van der Waals surface area contributed by atoms with Crippen molar-refractivity contribution in [2.45, 2.75) is 76.6 Å². The van der Waals surface area contributed by atoms with Crippen LogP contribution in [0.15, 0.2) is 16.5 Å². The average molecular weight is 359 g/mol. The molecule has 2 atom stereocenters. The van der Waals surface area contributed by atoms with Crippen molar-refractivity contribution < 1.29 is 9.90 Å². The third-order valence-corrected chi connectivity index (χ3v) is 7.07. The minimum atomic E-state index is -0.445. The molecule has 0 aromatic carbocycles. The summed E-state index contributed by atoms with van der Waals surface area (Å²) < 4.78 is 0. The van der Waals surface area contributed by atoms with Gasteiger partial charge in [-0.25, -0.2) is 9.79 Å². The molecule has 3 N–H and O–H groups in total. The van der Waals surface area contributed by atoms with E-state index < -0.39 is 5.60 Å². The van der Waals surface area contributed by atoms with Gasteiger partial charge in [0, 0.05) is 24.5 Å². The monoisotopic (exact) mass is 359 g/mol. The van der Waals surface area contributed by atoms with Gasteiger partial charge in [-0.15, -0.1) is 0 Å². The van der Waals surface area contributed by atoms with Crippen molar-refractivity contribution >= 4 is 11.9 Å². The Balaban J connectivity index is 1.51. The summed E-state index contributed by atoms with van der Waals surface area (Å²) in [5.74, 6) is 1.96. The zero-order chi connectivity index (χ0) is 18.1. The van der Waals surface area contributed by atoms with Gasteiger partial charge in [-0.05, 0) is 51.9 Å². The van der Waals surface area contributed by atoms with Crippen LogP contribution in [0.3, 0.4) is 0 Å². The Morgan fingerprint density at radius 3 is 2.58 bits per heavy atom. The van der Waals surface area contributed by atoms with Gasteiger partial charge in [0.05, 0.1) is 5.60 Å². The molecule has 0 aromatic heterocycles. The number of carbonyl (C=O) groups excluding carboxylic acids is 1. The number of fused-ring (bicyclic) bond motifs is 5. The van der Waals surface area contributed by atoms with Crippen LogP contribution in [0.1, 0.15) is 58.8 Å². The fourth-order valence-electron chi connectivity index (χ4n) is 5.45. The lowest BCUT2D eigenvalue weighted by molar-refractivity contribution is -0.0705. The van der Waals surface area contributed by atoms with Crippen LogP contribution in [-0.2, 0) is 0 Å². The topological polar surface area (TPSA) is 80.2 Å². The standard InChI is InChI=1S/C19H29N5O2/c1-3-10-23-15-13(14-20-12(2)11-24(14)17(23)25)21-16(22-15)18-4-7-19(26,8-5-18)9-6-18/h12,15,20,26H,3-11H2,1-2H3,(H,21,22)/t12-,15?,18?,19?/m1/s1. The molecule has 26 heavy (non-hydrogen) atoms. The summed E-state index contributed by atoms with van der Waals surface area (Å²) in [5, 5.41) is 17.7. The Bertz CT molecular complexity index is 690. The maximum absolute atomic E-state index is 13.0. The number of nitrogens with zero attached hydrogens (tertiary/aromatic N) is 3. The second kappa shape index (κ2) is 5.38. The molecule has 1 unspecified atom stereocenters. The van der Waals surface area contributed by atoms with Gasteiger partial charge < -0.3 is 15.7 Å². The predicted octanol–water partition coefficient (Wildman–Crippen LogP) is 1.71. The number of nitrogens with one attached hydrogen (secondary N) is 2. The van der Waals surface area contributed by atoms with Crippen molar-refractivity contribution in [3.05, 3.63) is 11.5 Å². The molecule has 3 aliphatic carbocycles. The van der Waals surface area contributed by atoms with E-state index in [9.17, 15) is 9.90 Å². The van der Waals surface area contributed by atoms with Crippen molar-refractivity contribution in [2.24, 2.45) is 10.4 Å². The van der Waals surface area contributed by atoms with Gasteiger partial charge in [0.15, 0.2) is 6.17 Å². The summed E-state index contributed by atoms with van der Waals surface area (Å²) in [6, 6.07) is 0.325. The van der Waals surface area contributed by atoms with Crippen LogP contribution >= 0.6 is 0 Å². The molecular formula is C19H29N5O2. The van der Waals surface area contributed by atoms with Crippen LogP contribution in [0.5, 0.6) is 0 Å². The summed E-state index contributed by atoms with van der Waals surface area (Å²) in [6.07, 6.45) is 6.25. The summed E-state index contributed by atoms with van der Waals surface area (Å²) >= 11 is 0. The van der Waals surface area contributed by atoms with E-state index >= 15 is 0 Å². The van der Waals surface area contributed by atoms with Gasteiger partial charge >= 0.3 is 6.03 Å². The van der Waals surface area contributed by atoms with Gasteiger partial charge in [-0.3, -0.25) is 9.80 Å². The number of amidine groups is 1. The Labute approximate surface area is 154 Å². The smallest absolute Gasteiger partial charge is 0.327 e. The van der Waals surface area contributed by atoms with E-state index in [2.05, 4.69) is 24.5 Å². The number of hydrogen-bond donors (Lipinski definition) is 3. The Kier molecular flexibility index (Phi) is 3.39. The molecule has 3 saturated carbocycles. The fraction of sp³-hybridized carbons (Fsp3) is 0.789. The highest BCUT2D eigenvalue weighted by atomic mass is 16.3. The lowest BCUT2D eigenvalue weighted by Crippen LogP contribution is -2.54. The molecule has 0 radical (unpaired) electrons. The number of rotatable bonds is 3. The minimum absolute atomic E-state index is 0.0470. The first kappa shape index (κ1) is 16.4. The second-order valence-corrected chi connectivity index (χ2v) is 8.88. The minimum Gasteiger partial charge on any atom is -0.390 e. The van der Waals surface area contributed by atoms with Crippen molar-refractivity contribution in [3.63, 3.8) is 0 Å². The summed E-state index contributed by atoms with van der Waals surface area (Å²) in [4.78, 5) is 21.9. The number of carbonyl (C=O) groups is 1. The number of amides is 2. The number of hydrogen-bond acceptors (Lipinski definition) is 5. The van der Waals surface area contributed by atoms with Gasteiger partial charge in [-0.2, -0.15) is 0 Å². The lowest BCUT2D eigenvalue weighted by atomic mass is 9.58. The summed E-state index contributed by atoms with van der Waals surface area (Å²) in [6.45, 7) is 5.64. The first-order chi connectivity index (χ1) is 12.4. The highest BCUT2D eigenvalue weighted by Gasteiger charge is 2.54. The molecule has 1 saturated heterocycles. The van der Waals surface area contributed by atoms with Gasteiger partial charge in [-0.1, -0.05) is 6.92 Å². The molecule has 6 aliphatic rings. The third-order valence-electron chi connectivity index (χ3n) is 7.07. The molecule has 3 heterocycles.